The molecule has 1 aromatic heterocycles. The zero-order chi connectivity index (χ0) is 13.7. The van der Waals surface area contributed by atoms with Gasteiger partial charge in [0, 0.05) is 30.4 Å². The van der Waals surface area contributed by atoms with Crippen molar-refractivity contribution in [2.75, 3.05) is 11.8 Å². The summed E-state index contributed by atoms with van der Waals surface area (Å²) in [6.07, 6.45) is 5.80. The number of rotatable bonds is 6. The van der Waals surface area contributed by atoms with Gasteiger partial charge in [-0.05, 0) is 24.0 Å². The van der Waals surface area contributed by atoms with Gasteiger partial charge in [0.1, 0.15) is 0 Å². The maximum atomic E-state index is 6.23. The van der Waals surface area contributed by atoms with Crippen LogP contribution in [-0.4, -0.2) is 21.5 Å². The lowest BCUT2D eigenvalue weighted by atomic mass is 9.79. The molecular formula is C15H18Cl2N2. The summed E-state index contributed by atoms with van der Waals surface area (Å²) >= 11 is 12.5. The van der Waals surface area contributed by atoms with Gasteiger partial charge in [-0.15, -0.1) is 23.2 Å². The summed E-state index contributed by atoms with van der Waals surface area (Å²) in [5.74, 6) is 1.06. The molecule has 0 aliphatic carbocycles. The summed E-state index contributed by atoms with van der Waals surface area (Å²) in [4.78, 5) is 0. The summed E-state index contributed by atoms with van der Waals surface area (Å²) in [7, 11) is 1.93. The van der Waals surface area contributed by atoms with E-state index in [0.29, 0.717) is 11.8 Å². The standard InChI is InChI=1S/C15H18Cl2N2/c1-19-10-13(9-18-19)7-8-15(11-16,12-17)14-5-3-2-4-6-14/h2-6,9-10H,7-8,11-12H2,1H3. The molecule has 0 saturated heterocycles. The second-order valence-electron chi connectivity index (χ2n) is 4.94. The van der Waals surface area contributed by atoms with Gasteiger partial charge in [0.15, 0.2) is 0 Å². The zero-order valence-corrected chi connectivity index (χ0v) is 12.5. The normalized spacial score (nSPS) is 11.7. The van der Waals surface area contributed by atoms with Crippen LogP contribution in [0.4, 0.5) is 0 Å². The lowest BCUT2D eigenvalue weighted by Gasteiger charge is -2.30. The van der Waals surface area contributed by atoms with Crippen molar-refractivity contribution in [2.24, 2.45) is 7.05 Å². The Kier molecular flexibility index (Phi) is 4.89. The molecule has 0 radical (unpaired) electrons. The summed E-state index contributed by atoms with van der Waals surface area (Å²) in [5, 5.41) is 4.19. The minimum absolute atomic E-state index is 0.166. The Bertz CT molecular complexity index is 504. The molecule has 0 N–H and O–H groups in total. The van der Waals surface area contributed by atoms with Crippen molar-refractivity contribution in [2.45, 2.75) is 18.3 Å². The fraction of sp³-hybridized carbons (Fsp3) is 0.400. The Morgan fingerprint density at radius 3 is 2.37 bits per heavy atom. The quantitative estimate of drug-likeness (QED) is 0.742. The third kappa shape index (κ3) is 3.31. The second kappa shape index (κ2) is 6.44. The fourth-order valence-corrected chi connectivity index (χ4v) is 3.11. The SMILES string of the molecule is Cn1cc(CCC(CCl)(CCl)c2ccccc2)cn1. The predicted octanol–water partition coefficient (Wildman–Crippen LogP) is 3.77. The van der Waals surface area contributed by atoms with Gasteiger partial charge in [0.05, 0.1) is 6.20 Å². The van der Waals surface area contributed by atoms with Crippen LogP contribution in [-0.2, 0) is 18.9 Å². The Balaban J connectivity index is 2.16. The monoisotopic (exact) mass is 296 g/mol. The third-order valence-electron chi connectivity index (χ3n) is 3.55. The molecule has 1 heterocycles. The molecule has 19 heavy (non-hydrogen) atoms. The Labute approximate surface area is 124 Å². The topological polar surface area (TPSA) is 17.8 Å². The first-order chi connectivity index (χ1) is 9.20. The van der Waals surface area contributed by atoms with E-state index in [4.69, 9.17) is 23.2 Å². The highest BCUT2D eigenvalue weighted by Gasteiger charge is 2.30. The van der Waals surface area contributed by atoms with Crippen LogP contribution in [0.25, 0.3) is 0 Å². The first-order valence-corrected chi connectivity index (χ1v) is 7.42. The average Bonchev–Trinajstić information content (AvgIpc) is 2.88. The maximum Gasteiger partial charge on any atom is 0.0521 e. The molecule has 2 nitrogen and oxygen atoms in total. The Morgan fingerprint density at radius 1 is 1.16 bits per heavy atom. The first kappa shape index (κ1) is 14.4. The molecule has 4 heteroatoms. The van der Waals surface area contributed by atoms with Crippen LogP contribution < -0.4 is 0 Å². The number of hydrogen-bond donors (Lipinski definition) is 0. The van der Waals surface area contributed by atoms with Gasteiger partial charge < -0.3 is 0 Å². The van der Waals surface area contributed by atoms with E-state index in [2.05, 4.69) is 17.2 Å². The van der Waals surface area contributed by atoms with E-state index in [1.807, 2.05) is 42.3 Å². The molecule has 0 aliphatic heterocycles. The van der Waals surface area contributed by atoms with Gasteiger partial charge in [-0.3, -0.25) is 4.68 Å². The molecule has 0 bridgehead atoms. The van der Waals surface area contributed by atoms with E-state index in [0.717, 1.165) is 12.8 Å². The first-order valence-electron chi connectivity index (χ1n) is 6.35. The molecule has 2 rings (SSSR count). The lowest BCUT2D eigenvalue weighted by molar-refractivity contribution is 0.492. The van der Waals surface area contributed by atoms with Crippen LogP contribution in [0.2, 0.25) is 0 Å². The van der Waals surface area contributed by atoms with Gasteiger partial charge in [-0.25, -0.2) is 0 Å². The number of benzene rings is 1. The van der Waals surface area contributed by atoms with E-state index in [-0.39, 0.29) is 5.41 Å². The highest BCUT2D eigenvalue weighted by molar-refractivity contribution is 6.22. The van der Waals surface area contributed by atoms with Crippen molar-refractivity contribution >= 4 is 23.2 Å². The number of hydrogen-bond acceptors (Lipinski definition) is 1. The molecular weight excluding hydrogens is 279 g/mol. The molecule has 2 aromatic rings. The smallest absolute Gasteiger partial charge is 0.0521 e. The van der Waals surface area contributed by atoms with Crippen LogP contribution in [0, 0.1) is 0 Å². The number of aromatic nitrogens is 2. The van der Waals surface area contributed by atoms with Gasteiger partial charge in [0.25, 0.3) is 0 Å². The Hall–Kier alpha value is -0.990. The van der Waals surface area contributed by atoms with Gasteiger partial charge in [0.2, 0.25) is 0 Å². The van der Waals surface area contributed by atoms with E-state index in [1.165, 1.54) is 11.1 Å². The largest absolute Gasteiger partial charge is 0.276 e. The van der Waals surface area contributed by atoms with E-state index >= 15 is 0 Å². The van der Waals surface area contributed by atoms with Crippen molar-refractivity contribution in [1.29, 1.82) is 0 Å². The van der Waals surface area contributed by atoms with Crippen molar-refractivity contribution in [3.05, 3.63) is 53.9 Å². The number of halogens is 2. The van der Waals surface area contributed by atoms with Gasteiger partial charge >= 0.3 is 0 Å². The van der Waals surface area contributed by atoms with Crippen molar-refractivity contribution in [3.63, 3.8) is 0 Å². The molecule has 0 unspecified atom stereocenters. The summed E-state index contributed by atoms with van der Waals surface area (Å²) in [6.45, 7) is 0. The van der Waals surface area contributed by atoms with E-state index < -0.39 is 0 Å². The minimum Gasteiger partial charge on any atom is -0.276 e. The minimum atomic E-state index is -0.166. The Morgan fingerprint density at radius 2 is 1.84 bits per heavy atom. The number of alkyl halides is 2. The molecule has 0 spiro atoms. The number of aryl methyl sites for hydroxylation is 2. The summed E-state index contributed by atoms with van der Waals surface area (Å²) < 4.78 is 1.82. The molecule has 0 atom stereocenters. The molecule has 0 saturated carbocycles. The fourth-order valence-electron chi connectivity index (χ4n) is 2.24. The van der Waals surface area contributed by atoms with Crippen LogP contribution in [0.1, 0.15) is 17.5 Å². The maximum absolute atomic E-state index is 6.23. The van der Waals surface area contributed by atoms with Crippen LogP contribution in [0.5, 0.6) is 0 Å². The number of nitrogens with zero attached hydrogens (tertiary/aromatic N) is 2. The van der Waals surface area contributed by atoms with Crippen LogP contribution in [0.3, 0.4) is 0 Å². The van der Waals surface area contributed by atoms with Crippen LogP contribution >= 0.6 is 23.2 Å². The average molecular weight is 297 g/mol. The van der Waals surface area contributed by atoms with Gasteiger partial charge in [-0.1, -0.05) is 30.3 Å². The van der Waals surface area contributed by atoms with Crippen molar-refractivity contribution < 1.29 is 0 Å². The third-order valence-corrected chi connectivity index (χ3v) is 4.57. The molecule has 0 amide bonds. The summed E-state index contributed by atoms with van der Waals surface area (Å²) in [6, 6.07) is 10.3. The molecule has 1 aromatic carbocycles. The lowest BCUT2D eigenvalue weighted by Crippen LogP contribution is -2.31. The summed E-state index contributed by atoms with van der Waals surface area (Å²) in [5.41, 5.74) is 2.27. The van der Waals surface area contributed by atoms with Crippen molar-refractivity contribution in [3.8, 4) is 0 Å². The zero-order valence-electron chi connectivity index (χ0n) is 11.0. The molecule has 102 valence electrons. The second-order valence-corrected chi connectivity index (χ2v) is 5.47. The highest BCUT2D eigenvalue weighted by Crippen LogP contribution is 2.32. The van der Waals surface area contributed by atoms with E-state index in [1.54, 1.807) is 0 Å². The molecule has 0 fully saturated rings. The highest BCUT2D eigenvalue weighted by atomic mass is 35.5. The molecule has 0 aliphatic rings. The van der Waals surface area contributed by atoms with E-state index in [9.17, 15) is 0 Å². The predicted molar refractivity (Wildman–Crippen MR) is 81.1 cm³/mol. The van der Waals surface area contributed by atoms with Gasteiger partial charge in [-0.2, -0.15) is 5.10 Å². The van der Waals surface area contributed by atoms with Crippen molar-refractivity contribution in [1.82, 2.24) is 9.78 Å². The van der Waals surface area contributed by atoms with Crippen LogP contribution in [0.15, 0.2) is 42.7 Å².